The van der Waals surface area contributed by atoms with E-state index in [0.717, 1.165) is 5.56 Å². The summed E-state index contributed by atoms with van der Waals surface area (Å²) in [4.78, 5) is 23.8. The Kier molecular flexibility index (Phi) is 4.71. The predicted molar refractivity (Wildman–Crippen MR) is 79.3 cm³/mol. The zero-order chi connectivity index (χ0) is 16.2. The van der Waals surface area contributed by atoms with Crippen molar-refractivity contribution in [3.63, 3.8) is 0 Å². The van der Waals surface area contributed by atoms with Crippen LogP contribution in [0.2, 0.25) is 0 Å². The summed E-state index contributed by atoms with van der Waals surface area (Å²) in [7, 11) is 0. The molecule has 1 unspecified atom stereocenters. The van der Waals surface area contributed by atoms with Crippen LogP contribution in [0.25, 0.3) is 0 Å². The molecule has 2 rings (SSSR count). The summed E-state index contributed by atoms with van der Waals surface area (Å²) in [5, 5.41) is 12.2. The van der Waals surface area contributed by atoms with Crippen molar-refractivity contribution < 1.29 is 24.2 Å². The fourth-order valence-electron chi connectivity index (χ4n) is 2.63. The number of rotatable bonds is 4. The number of hydrogen-bond donors (Lipinski definition) is 2. The summed E-state index contributed by atoms with van der Waals surface area (Å²) < 4.78 is 10.5. The molecule has 22 heavy (non-hydrogen) atoms. The van der Waals surface area contributed by atoms with Crippen LogP contribution < -0.4 is 5.32 Å². The molecule has 1 fully saturated rings. The lowest BCUT2D eigenvalue weighted by Gasteiger charge is -2.46. The van der Waals surface area contributed by atoms with Gasteiger partial charge in [-0.25, -0.2) is 9.59 Å². The van der Waals surface area contributed by atoms with Crippen LogP contribution in [-0.4, -0.2) is 35.9 Å². The number of carboxylic acid groups (broad SMARTS) is 1. The molecule has 1 aromatic carbocycles. The maximum atomic E-state index is 12.0. The zero-order valence-corrected chi connectivity index (χ0v) is 12.8. The lowest BCUT2D eigenvalue weighted by molar-refractivity contribution is -0.160. The number of hydrogen-bond acceptors (Lipinski definition) is 4. The summed E-state index contributed by atoms with van der Waals surface area (Å²) in [5.74, 6) is -1.07. The van der Waals surface area contributed by atoms with Crippen LogP contribution in [-0.2, 0) is 20.9 Å². The number of carboxylic acids is 1. The summed E-state index contributed by atoms with van der Waals surface area (Å²) in [6.45, 7) is 4.17. The van der Waals surface area contributed by atoms with Gasteiger partial charge in [0.05, 0.1) is 6.61 Å². The molecule has 6 nitrogen and oxygen atoms in total. The van der Waals surface area contributed by atoms with Gasteiger partial charge in [0.2, 0.25) is 0 Å². The Morgan fingerprint density at radius 3 is 2.59 bits per heavy atom. The van der Waals surface area contributed by atoms with Crippen LogP contribution in [0.5, 0.6) is 0 Å². The predicted octanol–water partition coefficient (Wildman–Crippen LogP) is 2.18. The quantitative estimate of drug-likeness (QED) is 0.890. The SMILES string of the molecule is CC1(C)COCCC1(NC(=O)OCc1ccccc1)C(=O)O. The Morgan fingerprint density at radius 2 is 2.00 bits per heavy atom. The standard InChI is InChI=1S/C16H21NO5/c1-15(2)11-21-9-8-16(15,13(18)19)17-14(20)22-10-12-6-4-3-5-7-12/h3-7H,8-11H2,1-2H3,(H,17,20)(H,18,19). The van der Waals surface area contributed by atoms with E-state index in [2.05, 4.69) is 5.32 Å². The normalized spacial score (nSPS) is 23.5. The van der Waals surface area contributed by atoms with Gasteiger partial charge in [-0.15, -0.1) is 0 Å². The van der Waals surface area contributed by atoms with Gasteiger partial charge in [-0.2, -0.15) is 0 Å². The molecule has 0 aromatic heterocycles. The van der Waals surface area contributed by atoms with Gasteiger partial charge in [0.1, 0.15) is 12.1 Å². The molecule has 0 saturated carbocycles. The largest absolute Gasteiger partial charge is 0.479 e. The van der Waals surface area contributed by atoms with Crippen LogP contribution in [0, 0.1) is 5.41 Å². The number of carbonyl (C=O) groups excluding carboxylic acids is 1. The third-order valence-electron chi connectivity index (χ3n) is 4.13. The number of ether oxygens (including phenoxy) is 2. The topological polar surface area (TPSA) is 84.9 Å². The monoisotopic (exact) mass is 307 g/mol. The highest BCUT2D eigenvalue weighted by molar-refractivity contribution is 5.85. The van der Waals surface area contributed by atoms with Crippen LogP contribution in [0.15, 0.2) is 30.3 Å². The number of amides is 1. The highest BCUT2D eigenvalue weighted by atomic mass is 16.5. The zero-order valence-electron chi connectivity index (χ0n) is 12.8. The van der Waals surface area contributed by atoms with Crippen LogP contribution >= 0.6 is 0 Å². The molecule has 1 atom stereocenters. The Balaban J connectivity index is 2.05. The first-order valence-electron chi connectivity index (χ1n) is 7.17. The van der Waals surface area contributed by atoms with Crippen molar-refractivity contribution in [2.45, 2.75) is 32.4 Å². The van der Waals surface area contributed by atoms with E-state index in [0.29, 0.717) is 0 Å². The first-order valence-corrected chi connectivity index (χ1v) is 7.17. The highest BCUT2D eigenvalue weighted by Crippen LogP contribution is 2.38. The maximum absolute atomic E-state index is 12.0. The molecule has 0 radical (unpaired) electrons. The molecule has 0 spiro atoms. The first kappa shape index (κ1) is 16.3. The van der Waals surface area contributed by atoms with Gasteiger partial charge in [0.25, 0.3) is 0 Å². The van der Waals surface area contributed by atoms with E-state index >= 15 is 0 Å². The van der Waals surface area contributed by atoms with Crippen molar-refractivity contribution >= 4 is 12.1 Å². The van der Waals surface area contributed by atoms with E-state index in [1.165, 1.54) is 0 Å². The second-order valence-corrected chi connectivity index (χ2v) is 6.08. The molecule has 6 heteroatoms. The fourth-order valence-corrected chi connectivity index (χ4v) is 2.63. The summed E-state index contributed by atoms with van der Waals surface area (Å²) in [6.07, 6.45) is -0.531. The highest BCUT2D eigenvalue weighted by Gasteiger charge is 2.54. The average Bonchev–Trinajstić information content (AvgIpc) is 2.48. The van der Waals surface area contributed by atoms with Gasteiger partial charge in [-0.05, 0) is 5.56 Å². The van der Waals surface area contributed by atoms with Gasteiger partial charge in [0, 0.05) is 18.4 Å². The average molecular weight is 307 g/mol. The fraction of sp³-hybridized carbons (Fsp3) is 0.500. The van der Waals surface area contributed by atoms with Crippen LogP contribution in [0.3, 0.4) is 0 Å². The molecule has 1 aromatic rings. The molecule has 1 aliphatic rings. The van der Waals surface area contributed by atoms with Gasteiger partial charge >= 0.3 is 12.1 Å². The van der Waals surface area contributed by atoms with E-state index in [-0.39, 0.29) is 26.2 Å². The summed E-state index contributed by atoms with van der Waals surface area (Å²) in [5.41, 5.74) is -1.28. The minimum absolute atomic E-state index is 0.0965. The van der Waals surface area contributed by atoms with Crippen molar-refractivity contribution in [1.29, 1.82) is 0 Å². The maximum Gasteiger partial charge on any atom is 0.408 e. The molecule has 0 aliphatic carbocycles. The van der Waals surface area contributed by atoms with Crippen molar-refractivity contribution in [1.82, 2.24) is 5.32 Å². The van der Waals surface area contributed by atoms with Crippen LogP contribution in [0.1, 0.15) is 25.8 Å². The lowest BCUT2D eigenvalue weighted by Crippen LogP contribution is -2.67. The van der Waals surface area contributed by atoms with Crippen molar-refractivity contribution in [2.75, 3.05) is 13.2 Å². The third-order valence-corrected chi connectivity index (χ3v) is 4.13. The van der Waals surface area contributed by atoms with E-state index < -0.39 is 23.0 Å². The Labute approximate surface area is 129 Å². The first-order chi connectivity index (χ1) is 10.4. The Hall–Kier alpha value is -2.08. The van der Waals surface area contributed by atoms with Crippen molar-refractivity contribution in [2.24, 2.45) is 5.41 Å². The molecule has 2 N–H and O–H groups in total. The molecule has 120 valence electrons. The molecule has 1 aliphatic heterocycles. The Morgan fingerprint density at radius 1 is 1.32 bits per heavy atom. The third kappa shape index (κ3) is 3.22. The number of carbonyl (C=O) groups is 2. The van der Waals surface area contributed by atoms with Gasteiger partial charge < -0.3 is 19.9 Å². The van der Waals surface area contributed by atoms with E-state index in [1.807, 2.05) is 30.3 Å². The minimum Gasteiger partial charge on any atom is -0.479 e. The van der Waals surface area contributed by atoms with Crippen molar-refractivity contribution in [3.8, 4) is 0 Å². The smallest absolute Gasteiger partial charge is 0.408 e. The summed E-state index contributed by atoms with van der Waals surface area (Å²) in [6, 6.07) is 9.22. The minimum atomic E-state index is -1.39. The van der Waals surface area contributed by atoms with Crippen LogP contribution in [0.4, 0.5) is 4.79 Å². The summed E-state index contributed by atoms with van der Waals surface area (Å²) >= 11 is 0. The molecule has 1 saturated heterocycles. The van der Waals surface area contributed by atoms with E-state index in [1.54, 1.807) is 13.8 Å². The number of nitrogens with one attached hydrogen (secondary N) is 1. The van der Waals surface area contributed by atoms with Gasteiger partial charge in [-0.1, -0.05) is 44.2 Å². The number of alkyl carbamates (subject to hydrolysis) is 1. The van der Waals surface area contributed by atoms with Gasteiger partial charge in [-0.3, -0.25) is 0 Å². The number of aliphatic carboxylic acids is 1. The lowest BCUT2D eigenvalue weighted by atomic mass is 9.69. The van der Waals surface area contributed by atoms with E-state index in [4.69, 9.17) is 9.47 Å². The second-order valence-electron chi connectivity index (χ2n) is 6.08. The van der Waals surface area contributed by atoms with E-state index in [9.17, 15) is 14.7 Å². The van der Waals surface area contributed by atoms with Crippen molar-refractivity contribution in [3.05, 3.63) is 35.9 Å². The van der Waals surface area contributed by atoms with Gasteiger partial charge in [0.15, 0.2) is 0 Å². The second kappa shape index (κ2) is 6.36. The molecule has 1 amide bonds. The molecule has 0 bridgehead atoms. The molecule has 1 heterocycles. The molecular formula is C16H21NO5. The Bertz CT molecular complexity index is 543. The number of benzene rings is 1. The molecular weight excluding hydrogens is 286 g/mol.